The Morgan fingerprint density at radius 3 is 2.82 bits per heavy atom. The number of benzene rings is 1. The van der Waals surface area contributed by atoms with Crippen molar-refractivity contribution >= 4 is 5.91 Å². The van der Waals surface area contributed by atoms with Crippen molar-refractivity contribution in [1.29, 1.82) is 0 Å². The first kappa shape index (κ1) is 11.4. The molecule has 0 unspecified atom stereocenters. The Morgan fingerprint density at radius 2 is 2.12 bits per heavy atom. The number of carbonyl (C=O) groups is 1. The molecule has 1 aromatic heterocycles. The third-order valence-electron chi connectivity index (χ3n) is 2.41. The molecule has 0 aliphatic heterocycles. The number of hydrogen-bond donors (Lipinski definition) is 2. The van der Waals surface area contributed by atoms with E-state index in [1.54, 1.807) is 6.07 Å². The molecule has 0 fully saturated rings. The van der Waals surface area contributed by atoms with Gasteiger partial charge in [-0.2, -0.15) is 0 Å². The van der Waals surface area contributed by atoms with E-state index in [0.29, 0.717) is 12.1 Å². The summed E-state index contributed by atoms with van der Waals surface area (Å²) in [5.74, 6) is -0.173. The zero-order valence-electron chi connectivity index (χ0n) is 9.22. The van der Waals surface area contributed by atoms with Gasteiger partial charge in [-0.1, -0.05) is 24.3 Å². The second-order valence-electron chi connectivity index (χ2n) is 3.67. The first-order valence-corrected chi connectivity index (χ1v) is 5.28. The third-order valence-corrected chi connectivity index (χ3v) is 2.41. The van der Waals surface area contributed by atoms with E-state index in [-0.39, 0.29) is 12.5 Å². The molecule has 0 spiro atoms. The molecular weight excluding hydrogens is 218 g/mol. The number of aliphatic hydroxyl groups is 1. The number of rotatable bonds is 4. The van der Waals surface area contributed by atoms with Gasteiger partial charge in [-0.15, -0.1) is 0 Å². The SMILES string of the molecule is O=C(NCc1cccc(CO)c1)c1ccoc1. The molecule has 88 valence electrons. The van der Waals surface area contributed by atoms with Crippen LogP contribution in [0.3, 0.4) is 0 Å². The van der Waals surface area contributed by atoms with Crippen molar-refractivity contribution in [2.24, 2.45) is 0 Å². The van der Waals surface area contributed by atoms with E-state index in [9.17, 15) is 4.79 Å². The van der Waals surface area contributed by atoms with Crippen LogP contribution in [0.5, 0.6) is 0 Å². The van der Waals surface area contributed by atoms with Crippen LogP contribution in [0.2, 0.25) is 0 Å². The minimum Gasteiger partial charge on any atom is -0.472 e. The molecule has 4 heteroatoms. The van der Waals surface area contributed by atoms with Gasteiger partial charge < -0.3 is 14.8 Å². The Kier molecular flexibility index (Phi) is 3.57. The molecule has 1 amide bonds. The lowest BCUT2D eigenvalue weighted by atomic mass is 10.1. The van der Waals surface area contributed by atoms with Gasteiger partial charge >= 0.3 is 0 Å². The van der Waals surface area contributed by atoms with Crippen LogP contribution in [0.15, 0.2) is 47.3 Å². The Bertz CT molecular complexity index is 491. The summed E-state index contributed by atoms with van der Waals surface area (Å²) in [6, 6.07) is 9.05. The maximum atomic E-state index is 11.6. The minimum atomic E-state index is -0.173. The van der Waals surface area contributed by atoms with Crippen LogP contribution in [0.25, 0.3) is 0 Å². The largest absolute Gasteiger partial charge is 0.472 e. The molecule has 0 saturated heterocycles. The second kappa shape index (κ2) is 5.32. The molecule has 0 aliphatic carbocycles. The van der Waals surface area contributed by atoms with Gasteiger partial charge in [0.05, 0.1) is 18.4 Å². The quantitative estimate of drug-likeness (QED) is 0.841. The number of hydrogen-bond acceptors (Lipinski definition) is 3. The van der Waals surface area contributed by atoms with Crippen LogP contribution in [-0.2, 0) is 13.2 Å². The molecule has 0 aliphatic rings. The molecule has 0 saturated carbocycles. The average Bonchev–Trinajstić information content (AvgIpc) is 2.90. The summed E-state index contributed by atoms with van der Waals surface area (Å²) in [7, 11) is 0. The minimum absolute atomic E-state index is 0.00349. The Balaban J connectivity index is 1.95. The number of amides is 1. The van der Waals surface area contributed by atoms with E-state index in [4.69, 9.17) is 9.52 Å². The number of furan rings is 1. The van der Waals surface area contributed by atoms with Gasteiger partial charge in [-0.3, -0.25) is 4.79 Å². The highest BCUT2D eigenvalue weighted by Crippen LogP contribution is 2.06. The Morgan fingerprint density at radius 1 is 1.29 bits per heavy atom. The Hall–Kier alpha value is -2.07. The molecule has 2 N–H and O–H groups in total. The first-order chi connectivity index (χ1) is 8.29. The predicted molar refractivity (Wildman–Crippen MR) is 62.2 cm³/mol. The molecule has 2 aromatic rings. The van der Waals surface area contributed by atoms with Crippen LogP contribution in [-0.4, -0.2) is 11.0 Å². The fourth-order valence-corrected chi connectivity index (χ4v) is 1.52. The van der Waals surface area contributed by atoms with Crippen molar-refractivity contribution in [1.82, 2.24) is 5.32 Å². The Labute approximate surface area is 98.9 Å². The second-order valence-corrected chi connectivity index (χ2v) is 3.67. The van der Waals surface area contributed by atoms with Crippen LogP contribution in [0.1, 0.15) is 21.5 Å². The summed E-state index contributed by atoms with van der Waals surface area (Å²) >= 11 is 0. The smallest absolute Gasteiger partial charge is 0.254 e. The monoisotopic (exact) mass is 231 g/mol. The summed E-state index contributed by atoms with van der Waals surface area (Å²) in [6.45, 7) is 0.432. The summed E-state index contributed by atoms with van der Waals surface area (Å²) < 4.78 is 4.83. The summed E-state index contributed by atoms with van der Waals surface area (Å²) in [6.07, 6.45) is 2.86. The maximum absolute atomic E-state index is 11.6. The van der Waals surface area contributed by atoms with Crippen molar-refractivity contribution in [3.05, 3.63) is 59.5 Å². The number of nitrogens with one attached hydrogen (secondary N) is 1. The summed E-state index contributed by atoms with van der Waals surface area (Å²) in [5.41, 5.74) is 2.29. The number of aliphatic hydroxyl groups excluding tert-OH is 1. The first-order valence-electron chi connectivity index (χ1n) is 5.28. The van der Waals surface area contributed by atoms with Crippen LogP contribution < -0.4 is 5.32 Å². The molecule has 17 heavy (non-hydrogen) atoms. The van der Waals surface area contributed by atoms with E-state index in [2.05, 4.69) is 5.32 Å². The van der Waals surface area contributed by atoms with Gasteiger partial charge in [0.25, 0.3) is 5.91 Å². The fourth-order valence-electron chi connectivity index (χ4n) is 1.52. The zero-order valence-corrected chi connectivity index (χ0v) is 9.22. The lowest BCUT2D eigenvalue weighted by Crippen LogP contribution is -2.22. The van der Waals surface area contributed by atoms with E-state index < -0.39 is 0 Å². The van der Waals surface area contributed by atoms with Crippen molar-refractivity contribution in [3.8, 4) is 0 Å². The summed E-state index contributed by atoms with van der Waals surface area (Å²) in [4.78, 5) is 11.6. The highest BCUT2D eigenvalue weighted by atomic mass is 16.3. The molecule has 2 rings (SSSR count). The fraction of sp³-hybridized carbons (Fsp3) is 0.154. The molecule has 1 heterocycles. The lowest BCUT2D eigenvalue weighted by Gasteiger charge is -2.05. The van der Waals surface area contributed by atoms with Crippen molar-refractivity contribution in [2.75, 3.05) is 0 Å². The number of carbonyl (C=O) groups excluding carboxylic acids is 1. The van der Waals surface area contributed by atoms with Gasteiger partial charge in [0.1, 0.15) is 6.26 Å². The highest BCUT2D eigenvalue weighted by Gasteiger charge is 2.05. The normalized spacial score (nSPS) is 10.2. The van der Waals surface area contributed by atoms with Gasteiger partial charge in [-0.05, 0) is 17.2 Å². The van der Waals surface area contributed by atoms with Crippen molar-refractivity contribution in [2.45, 2.75) is 13.2 Å². The average molecular weight is 231 g/mol. The van der Waals surface area contributed by atoms with Crippen LogP contribution in [0, 0.1) is 0 Å². The van der Waals surface area contributed by atoms with Crippen molar-refractivity contribution in [3.63, 3.8) is 0 Å². The molecule has 0 atom stereocenters. The van der Waals surface area contributed by atoms with Gasteiger partial charge in [-0.25, -0.2) is 0 Å². The van der Waals surface area contributed by atoms with Gasteiger partial charge in [0.2, 0.25) is 0 Å². The molecule has 1 aromatic carbocycles. The van der Waals surface area contributed by atoms with Crippen molar-refractivity contribution < 1.29 is 14.3 Å². The topological polar surface area (TPSA) is 62.5 Å². The highest BCUT2D eigenvalue weighted by molar-refractivity contribution is 5.93. The summed E-state index contributed by atoms with van der Waals surface area (Å²) in [5, 5.41) is 11.8. The molecular formula is C13H13NO3. The van der Waals surface area contributed by atoms with E-state index in [0.717, 1.165) is 11.1 Å². The van der Waals surface area contributed by atoms with Crippen LogP contribution >= 0.6 is 0 Å². The lowest BCUT2D eigenvalue weighted by molar-refractivity contribution is 0.0950. The molecule has 4 nitrogen and oxygen atoms in total. The maximum Gasteiger partial charge on any atom is 0.254 e. The van der Waals surface area contributed by atoms with E-state index in [1.807, 2.05) is 24.3 Å². The zero-order chi connectivity index (χ0) is 12.1. The molecule has 0 radical (unpaired) electrons. The van der Waals surface area contributed by atoms with E-state index >= 15 is 0 Å². The third kappa shape index (κ3) is 2.95. The van der Waals surface area contributed by atoms with Gasteiger partial charge in [0, 0.05) is 6.54 Å². The van der Waals surface area contributed by atoms with E-state index in [1.165, 1.54) is 12.5 Å². The van der Waals surface area contributed by atoms with Gasteiger partial charge in [0.15, 0.2) is 0 Å². The van der Waals surface area contributed by atoms with Crippen LogP contribution in [0.4, 0.5) is 0 Å². The predicted octanol–water partition coefficient (Wildman–Crippen LogP) is 1.70. The standard InChI is InChI=1S/C13H13NO3/c15-8-11-3-1-2-10(6-11)7-14-13(16)12-4-5-17-9-12/h1-6,9,15H,7-8H2,(H,14,16). The molecule has 0 bridgehead atoms.